The lowest BCUT2D eigenvalue weighted by Gasteiger charge is -2.32. The van der Waals surface area contributed by atoms with Crippen molar-refractivity contribution in [1.82, 2.24) is 25.1 Å². The number of anilines is 1. The van der Waals surface area contributed by atoms with Crippen molar-refractivity contribution in [3.63, 3.8) is 0 Å². The first-order chi connectivity index (χ1) is 24.4. The predicted molar refractivity (Wildman–Crippen MR) is 188 cm³/mol. The Balaban J connectivity index is 0.00000378. The van der Waals surface area contributed by atoms with Crippen LogP contribution in [-0.2, 0) is 33.0 Å². The minimum atomic E-state index is -2.04. The average Bonchev–Trinajstić information content (AvgIpc) is 3.82. The van der Waals surface area contributed by atoms with Crippen LogP contribution in [0.3, 0.4) is 0 Å². The number of ether oxygens (including phenoxy) is 2. The van der Waals surface area contributed by atoms with Gasteiger partial charge in [-0.05, 0) is 43.4 Å². The highest BCUT2D eigenvalue weighted by molar-refractivity contribution is 7.10. The number of hydrogen-bond acceptors (Lipinski definition) is 11. The number of aliphatic hydroxyl groups is 1. The van der Waals surface area contributed by atoms with E-state index < -0.39 is 41.4 Å². The highest BCUT2D eigenvalue weighted by Crippen LogP contribution is 2.41. The van der Waals surface area contributed by atoms with E-state index in [0.29, 0.717) is 21.8 Å². The summed E-state index contributed by atoms with van der Waals surface area (Å²) in [5.74, 6) is -2.64. The number of nitrogens with one attached hydrogen (secondary N) is 1. The zero-order valence-corrected chi connectivity index (χ0v) is 32.7. The highest BCUT2D eigenvalue weighted by atomic mass is 127. The van der Waals surface area contributed by atoms with Crippen LogP contribution in [0.25, 0.3) is 11.3 Å². The summed E-state index contributed by atoms with van der Waals surface area (Å²) in [5.41, 5.74) is 0.000750. The molecule has 1 unspecified atom stereocenters. The number of thiazole rings is 1. The summed E-state index contributed by atoms with van der Waals surface area (Å²) in [6.45, 7) is 2.85. The number of carbonyl (C=O) groups excluding carboxylic acids is 2. The second-order valence-corrected chi connectivity index (χ2v) is 12.5. The fourth-order valence-electron chi connectivity index (χ4n) is 5.25. The van der Waals surface area contributed by atoms with E-state index in [1.807, 2.05) is 0 Å². The zero-order valence-electron chi connectivity index (χ0n) is 28.9. The Labute approximate surface area is 331 Å². The molecule has 0 aliphatic carbocycles. The Bertz CT molecular complexity index is 2060. The van der Waals surface area contributed by atoms with Crippen molar-refractivity contribution in [3.8, 4) is 17.3 Å². The molecule has 2 N–H and O–H groups in total. The second kappa shape index (κ2) is 18.9. The molecule has 1 amide bonds. The van der Waals surface area contributed by atoms with Crippen molar-refractivity contribution in [3.05, 3.63) is 112 Å². The van der Waals surface area contributed by atoms with Crippen LogP contribution in [0.5, 0.6) is 0 Å². The maximum absolute atomic E-state index is 15.3. The van der Waals surface area contributed by atoms with Crippen LogP contribution in [0.1, 0.15) is 47.7 Å². The van der Waals surface area contributed by atoms with E-state index in [1.165, 1.54) is 51.4 Å². The summed E-state index contributed by atoms with van der Waals surface area (Å²) >= 11 is 1.25. The molecule has 3 atom stereocenters. The number of amides is 1. The number of carbonyl (C=O) groups is 2. The number of halogens is 4. The number of likely N-dealkylation sites (N-methyl/N-ethyl adjacent to an activating group) is 1. The standard InChI is InChI=1S/C35H35F2N8O5S.ClH.HI/c1-22(33-42-30(18-51-33)25-9-7-24(15-38)8-10-25)35(48,28-14-27(36)11-12-29(28)37)19-45-21-44(20-41-45)23(2)50-34(47)43(4)32-26(6-5-13-40-32)17-49-31(46)16-39-3;;/h5-14,18,20-23,39,48H,16-17,19H2,1-4H3;2*1H/q+1;;/p-1/t22-,23?,35-;;/m1../s1. The molecule has 53 heavy (non-hydrogen) atoms. The maximum atomic E-state index is 15.3. The van der Waals surface area contributed by atoms with E-state index in [-0.39, 0.29) is 67.5 Å². The summed E-state index contributed by atoms with van der Waals surface area (Å²) in [7, 11) is 3.08. The first-order valence-electron chi connectivity index (χ1n) is 15.7. The van der Waals surface area contributed by atoms with Crippen LogP contribution in [0.4, 0.5) is 19.4 Å². The highest BCUT2D eigenvalue weighted by Gasteiger charge is 2.43. The summed E-state index contributed by atoms with van der Waals surface area (Å²) in [5, 5.41) is 30.6. The summed E-state index contributed by atoms with van der Waals surface area (Å²) in [4.78, 5) is 35.1. The van der Waals surface area contributed by atoms with Gasteiger partial charge in [0.2, 0.25) is 12.6 Å². The smallest absolute Gasteiger partial charge is 0.418 e. The molecular weight excluding hydrogens is 845 g/mol. The fraction of sp³-hybridized carbons (Fsp3) is 0.286. The Morgan fingerprint density at radius 3 is 2.62 bits per heavy atom. The van der Waals surface area contributed by atoms with Gasteiger partial charge in [-0.3, -0.25) is 9.69 Å². The number of hydrogen-bond donors (Lipinski definition) is 2. The van der Waals surface area contributed by atoms with Gasteiger partial charge < -0.3 is 43.9 Å². The lowest BCUT2D eigenvalue weighted by Crippen LogP contribution is -3.00. The number of aromatic nitrogens is 5. The molecule has 3 aromatic heterocycles. The quantitative estimate of drug-likeness (QED) is 0.102. The van der Waals surface area contributed by atoms with Gasteiger partial charge in [-0.1, -0.05) is 25.1 Å². The third kappa shape index (κ3) is 10.1. The lowest BCUT2D eigenvalue weighted by molar-refractivity contribution is -0.753. The molecule has 0 aliphatic heterocycles. The van der Waals surface area contributed by atoms with Gasteiger partial charge in [0, 0.05) is 53.3 Å². The minimum absolute atomic E-state index is 0. The second-order valence-electron chi connectivity index (χ2n) is 11.6. The normalized spacial score (nSPS) is 12.9. The molecule has 5 aromatic rings. The largest absolute Gasteiger partial charge is 1.00 e. The molecule has 18 heteroatoms. The molecule has 0 radical (unpaired) electrons. The number of benzene rings is 2. The minimum Gasteiger partial charge on any atom is -1.00 e. The Morgan fingerprint density at radius 1 is 1.19 bits per heavy atom. The van der Waals surface area contributed by atoms with Gasteiger partial charge in [0.25, 0.3) is 6.33 Å². The summed E-state index contributed by atoms with van der Waals surface area (Å²) in [6.07, 6.45) is 2.65. The number of nitriles is 1. The van der Waals surface area contributed by atoms with Gasteiger partial charge in [-0.2, -0.15) is 9.83 Å². The van der Waals surface area contributed by atoms with Crippen molar-refractivity contribution in [2.75, 3.05) is 25.5 Å². The van der Waals surface area contributed by atoms with Crippen LogP contribution in [0, 0.1) is 23.0 Å². The maximum Gasteiger partial charge on any atom is 0.418 e. The van der Waals surface area contributed by atoms with Gasteiger partial charge in [-0.25, -0.2) is 23.5 Å². The molecule has 2 aromatic carbocycles. The molecule has 0 spiro atoms. The van der Waals surface area contributed by atoms with Crippen LogP contribution in [-0.4, -0.2) is 57.6 Å². The number of rotatable bonds is 13. The van der Waals surface area contributed by atoms with E-state index >= 15 is 4.39 Å². The van der Waals surface area contributed by atoms with Crippen LogP contribution < -0.4 is 38.8 Å². The van der Waals surface area contributed by atoms with Gasteiger partial charge in [-0.15, -0.1) is 28.4 Å². The van der Waals surface area contributed by atoms with Crippen molar-refractivity contribution in [2.45, 2.75) is 44.7 Å². The molecule has 3 heterocycles. The number of esters is 1. The molecule has 0 bridgehead atoms. The molecule has 13 nitrogen and oxygen atoms in total. The topological polar surface area (TPSA) is 159 Å². The molecule has 0 aliphatic rings. The van der Waals surface area contributed by atoms with Crippen molar-refractivity contribution < 1.29 is 61.5 Å². The van der Waals surface area contributed by atoms with Crippen molar-refractivity contribution in [1.29, 1.82) is 5.26 Å². The number of nitrogens with zero attached hydrogens (tertiary/aromatic N) is 7. The molecule has 0 saturated carbocycles. The molecular formula is C35H36ClF2IN8O5S. The Hall–Kier alpha value is -4.61. The van der Waals surface area contributed by atoms with E-state index in [4.69, 9.17) is 19.7 Å². The Kier molecular flexibility index (Phi) is 15.3. The van der Waals surface area contributed by atoms with Crippen LogP contribution >= 0.6 is 23.7 Å². The van der Waals surface area contributed by atoms with Crippen LogP contribution in [0.15, 0.2) is 78.8 Å². The molecule has 280 valence electrons. The van der Waals surface area contributed by atoms with E-state index in [2.05, 4.69) is 21.5 Å². The van der Waals surface area contributed by atoms with E-state index in [9.17, 15) is 19.1 Å². The SMILES string of the molecule is CNCC(=O)OCc1cccnc1N(C)C(=O)OC(C)[n+]1cnn(C[C@](O)(c2cc(F)ccc2F)[C@H](C)c2nc(-c3ccc(C#N)cc3)cs2)c1.Cl.[I-]. The third-order valence-electron chi connectivity index (χ3n) is 8.18. The molecule has 0 saturated heterocycles. The predicted octanol–water partition coefficient (Wildman–Crippen LogP) is 2.01. The van der Waals surface area contributed by atoms with Gasteiger partial charge in [0.05, 0.1) is 28.9 Å². The van der Waals surface area contributed by atoms with Crippen LogP contribution in [0.2, 0.25) is 0 Å². The van der Waals surface area contributed by atoms with Gasteiger partial charge in [0.15, 0.2) is 0 Å². The first-order valence-corrected chi connectivity index (χ1v) is 16.6. The van der Waals surface area contributed by atoms with Gasteiger partial charge >= 0.3 is 12.1 Å². The Morgan fingerprint density at radius 2 is 1.92 bits per heavy atom. The summed E-state index contributed by atoms with van der Waals surface area (Å²) < 4.78 is 43.5. The average molecular weight is 881 g/mol. The van der Waals surface area contributed by atoms with Crippen molar-refractivity contribution in [2.24, 2.45) is 0 Å². The lowest BCUT2D eigenvalue weighted by atomic mass is 9.82. The van der Waals surface area contributed by atoms with E-state index in [1.54, 1.807) is 62.7 Å². The molecule has 0 fully saturated rings. The fourth-order valence-corrected chi connectivity index (χ4v) is 6.22. The van der Waals surface area contributed by atoms with E-state index in [0.717, 1.165) is 23.8 Å². The van der Waals surface area contributed by atoms with Crippen molar-refractivity contribution >= 4 is 41.6 Å². The summed E-state index contributed by atoms with van der Waals surface area (Å²) in [6, 6.07) is 15.1. The monoisotopic (exact) mass is 880 g/mol. The zero-order chi connectivity index (χ0) is 36.7. The first kappa shape index (κ1) is 42.8. The number of pyridine rings is 1. The third-order valence-corrected chi connectivity index (χ3v) is 9.20. The molecule has 5 rings (SSSR count). The van der Waals surface area contributed by atoms with Gasteiger partial charge in [0.1, 0.15) is 36.2 Å².